The van der Waals surface area contributed by atoms with Gasteiger partial charge in [-0.05, 0) is 18.2 Å². The van der Waals surface area contributed by atoms with E-state index in [1.165, 1.54) is 0 Å². The van der Waals surface area contributed by atoms with E-state index in [1.54, 1.807) is 0 Å². The van der Waals surface area contributed by atoms with Gasteiger partial charge in [-0.1, -0.05) is 42.5 Å². The Morgan fingerprint density at radius 1 is 0.857 bits per heavy atom. The van der Waals surface area contributed by atoms with Gasteiger partial charge in [0.1, 0.15) is 6.61 Å². The molecule has 0 fully saturated rings. The zero-order valence-electron chi connectivity index (χ0n) is 11.4. The Morgan fingerprint density at radius 2 is 1.67 bits per heavy atom. The minimum atomic E-state index is 0.456. The first kappa shape index (κ1) is 12.0. The second-order valence-electron chi connectivity index (χ2n) is 5.00. The number of pyridine rings is 1. The van der Waals surface area contributed by atoms with Gasteiger partial charge in [0.2, 0.25) is 0 Å². The van der Waals surface area contributed by atoms with Crippen LogP contribution in [0.1, 0.15) is 5.69 Å². The van der Waals surface area contributed by atoms with E-state index in [9.17, 15) is 0 Å². The standard InChI is InChI=1S/C18H14N2O/c1-3-7-16-13(5-1)9-10-15(19-16)12-21-18-11-14-6-2-4-8-17(14)20-18/h1-11,20H,12H2. The molecule has 0 atom stereocenters. The van der Waals surface area contributed by atoms with Gasteiger partial charge in [0.05, 0.1) is 11.2 Å². The zero-order chi connectivity index (χ0) is 14.1. The molecule has 0 aliphatic carbocycles. The molecule has 0 spiro atoms. The molecule has 0 aliphatic rings. The number of nitrogens with zero attached hydrogens (tertiary/aromatic N) is 1. The minimum absolute atomic E-state index is 0.456. The monoisotopic (exact) mass is 274 g/mol. The van der Waals surface area contributed by atoms with Crippen LogP contribution >= 0.6 is 0 Å². The maximum Gasteiger partial charge on any atom is 0.192 e. The van der Waals surface area contributed by atoms with Crippen molar-refractivity contribution in [3.63, 3.8) is 0 Å². The molecule has 2 heterocycles. The molecule has 4 aromatic rings. The average molecular weight is 274 g/mol. The lowest BCUT2D eigenvalue weighted by molar-refractivity contribution is 0.292. The van der Waals surface area contributed by atoms with Gasteiger partial charge < -0.3 is 9.72 Å². The van der Waals surface area contributed by atoms with Gasteiger partial charge in [-0.3, -0.25) is 0 Å². The minimum Gasteiger partial charge on any atom is -0.472 e. The molecular weight excluding hydrogens is 260 g/mol. The number of ether oxygens (including phenoxy) is 1. The summed E-state index contributed by atoms with van der Waals surface area (Å²) < 4.78 is 5.81. The molecule has 0 bridgehead atoms. The predicted molar refractivity (Wildman–Crippen MR) is 84.4 cm³/mol. The number of aromatic amines is 1. The average Bonchev–Trinajstić information content (AvgIpc) is 2.95. The first-order valence-corrected chi connectivity index (χ1v) is 6.94. The van der Waals surface area contributed by atoms with Crippen molar-refractivity contribution in [3.05, 3.63) is 72.4 Å². The molecule has 0 saturated carbocycles. The van der Waals surface area contributed by atoms with Gasteiger partial charge in [-0.15, -0.1) is 0 Å². The Labute approximate surface area is 122 Å². The van der Waals surface area contributed by atoms with Crippen LogP contribution in [-0.2, 0) is 6.61 Å². The number of benzene rings is 2. The number of para-hydroxylation sites is 2. The number of nitrogens with one attached hydrogen (secondary N) is 1. The summed E-state index contributed by atoms with van der Waals surface area (Å²) in [6, 6.07) is 22.3. The number of H-pyrrole nitrogens is 1. The van der Waals surface area contributed by atoms with Gasteiger partial charge in [-0.25, -0.2) is 4.98 Å². The van der Waals surface area contributed by atoms with E-state index < -0.39 is 0 Å². The summed E-state index contributed by atoms with van der Waals surface area (Å²) in [5, 5.41) is 2.30. The molecule has 2 aromatic heterocycles. The molecular formula is C18H14N2O. The fourth-order valence-electron chi connectivity index (χ4n) is 2.46. The first-order chi connectivity index (χ1) is 10.4. The predicted octanol–water partition coefficient (Wildman–Crippen LogP) is 4.30. The first-order valence-electron chi connectivity index (χ1n) is 6.94. The lowest BCUT2D eigenvalue weighted by Crippen LogP contribution is -1.98. The van der Waals surface area contributed by atoms with E-state index in [0.717, 1.165) is 33.4 Å². The van der Waals surface area contributed by atoms with Gasteiger partial charge in [-0.2, -0.15) is 0 Å². The molecule has 0 unspecified atom stereocenters. The van der Waals surface area contributed by atoms with Gasteiger partial charge in [0.15, 0.2) is 5.88 Å². The molecule has 0 radical (unpaired) electrons. The SMILES string of the molecule is c1ccc2nc(COc3cc4ccccc4[nH]3)ccc2c1. The topological polar surface area (TPSA) is 37.9 Å². The normalized spacial score (nSPS) is 11.0. The molecule has 3 nitrogen and oxygen atoms in total. The van der Waals surface area contributed by atoms with Crippen LogP contribution in [0.5, 0.6) is 5.88 Å². The second-order valence-corrected chi connectivity index (χ2v) is 5.00. The summed E-state index contributed by atoms with van der Waals surface area (Å²) in [5.41, 5.74) is 3.00. The number of aromatic nitrogens is 2. The number of hydrogen-bond donors (Lipinski definition) is 1. The second kappa shape index (κ2) is 4.94. The fraction of sp³-hybridized carbons (Fsp3) is 0.0556. The third-order valence-corrected chi connectivity index (χ3v) is 3.54. The van der Waals surface area contributed by atoms with E-state index >= 15 is 0 Å². The van der Waals surface area contributed by atoms with Gasteiger partial charge >= 0.3 is 0 Å². The molecule has 1 N–H and O–H groups in total. The fourth-order valence-corrected chi connectivity index (χ4v) is 2.46. The number of fused-ring (bicyclic) bond motifs is 2. The highest BCUT2D eigenvalue weighted by Gasteiger charge is 2.03. The number of hydrogen-bond acceptors (Lipinski definition) is 2. The Bertz CT molecular complexity index is 878. The summed E-state index contributed by atoms with van der Waals surface area (Å²) in [4.78, 5) is 7.86. The Morgan fingerprint density at radius 3 is 2.57 bits per heavy atom. The van der Waals surface area contributed by atoms with Gasteiger partial charge in [0, 0.05) is 22.4 Å². The summed E-state index contributed by atoms with van der Waals surface area (Å²) >= 11 is 0. The molecule has 21 heavy (non-hydrogen) atoms. The summed E-state index contributed by atoms with van der Waals surface area (Å²) in [5.74, 6) is 0.770. The van der Waals surface area contributed by atoms with Crippen LogP contribution in [0.3, 0.4) is 0 Å². The molecule has 2 aromatic carbocycles. The van der Waals surface area contributed by atoms with E-state index in [2.05, 4.69) is 28.2 Å². The molecule has 102 valence electrons. The van der Waals surface area contributed by atoms with Crippen LogP contribution in [-0.4, -0.2) is 9.97 Å². The third kappa shape index (κ3) is 2.34. The third-order valence-electron chi connectivity index (χ3n) is 3.54. The highest BCUT2D eigenvalue weighted by molar-refractivity contribution is 5.81. The maximum absolute atomic E-state index is 5.81. The van der Waals surface area contributed by atoms with Crippen LogP contribution < -0.4 is 4.74 Å². The van der Waals surface area contributed by atoms with Crippen molar-refractivity contribution in [1.29, 1.82) is 0 Å². The summed E-state index contributed by atoms with van der Waals surface area (Å²) in [7, 11) is 0. The van der Waals surface area contributed by atoms with E-state index in [1.807, 2.05) is 48.5 Å². The largest absolute Gasteiger partial charge is 0.472 e. The van der Waals surface area contributed by atoms with E-state index in [4.69, 9.17) is 4.74 Å². The van der Waals surface area contributed by atoms with Crippen molar-refractivity contribution in [2.24, 2.45) is 0 Å². The molecule has 3 heteroatoms. The number of rotatable bonds is 3. The smallest absolute Gasteiger partial charge is 0.192 e. The van der Waals surface area contributed by atoms with Crippen molar-refractivity contribution in [3.8, 4) is 5.88 Å². The van der Waals surface area contributed by atoms with Crippen LogP contribution in [0.15, 0.2) is 66.7 Å². The van der Waals surface area contributed by atoms with Crippen molar-refractivity contribution < 1.29 is 4.74 Å². The lowest BCUT2D eigenvalue weighted by atomic mass is 10.2. The van der Waals surface area contributed by atoms with Crippen LogP contribution in [0.25, 0.3) is 21.8 Å². The van der Waals surface area contributed by atoms with E-state index in [-0.39, 0.29) is 0 Å². The maximum atomic E-state index is 5.81. The molecule has 0 aliphatic heterocycles. The molecule has 0 amide bonds. The Kier molecular flexibility index (Phi) is 2.82. The van der Waals surface area contributed by atoms with Crippen molar-refractivity contribution >= 4 is 21.8 Å². The van der Waals surface area contributed by atoms with Crippen LogP contribution in [0, 0.1) is 0 Å². The van der Waals surface area contributed by atoms with Gasteiger partial charge in [0.25, 0.3) is 0 Å². The zero-order valence-corrected chi connectivity index (χ0v) is 11.4. The molecule has 0 saturated heterocycles. The van der Waals surface area contributed by atoms with Crippen LogP contribution in [0.2, 0.25) is 0 Å². The van der Waals surface area contributed by atoms with Crippen LogP contribution in [0.4, 0.5) is 0 Å². The highest BCUT2D eigenvalue weighted by Crippen LogP contribution is 2.21. The quantitative estimate of drug-likeness (QED) is 0.605. The lowest BCUT2D eigenvalue weighted by Gasteiger charge is -2.04. The van der Waals surface area contributed by atoms with E-state index in [0.29, 0.717) is 6.61 Å². The van der Waals surface area contributed by atoms with Crippen molar-refractivity contribution in [1.82, 2.24) is 9.97 Å². The van der Waals surface area contributed by atoms with Crippen molar-refractivity contribution in [2.45, 2.75) is 6.61 Å². The highest BCUT2D eigenvalue weighted by atomic mass is 16.5. The summed E-state index contributed by atoms with van der Waals surface area (Å²) in [6.07, 6.45) is 0. The summed E-state index contributed by atoms with van der Waals surface area (Å²) in [6.45, 7) is 0.456. The Hall–Kier alpha value is -2.81. The Balaban J connectivity index is 1.57. The van der Waals surface area contributed by atoms with Crippen molar-refractivity contribution in [2.75, 3.05) is 0 Å². The molecule has 4 rings (SSSR count).